The summed E-state index contributed by atoms with van der Waals surface area (Å²) in [5.74, 6) is -1.01. The molecule has 11 heteroatoms. The van der Waals surface area contributed by atoms with E-state index >= 15 is 0 Å². The first-order valence-electron chi connectivity index (χ1n) is 13.6. The number of piperidine rings is 1. The van der Waals surface area contributed by atoms with E-state index < -0.39 is 28.4 Å². The van der Waals surface area contributed by atoms with Crippen molar-refractivity contribution in [2.45, 2.75) is 38.1 Å². The Labute approximate surface area is 238 Å². The fraction of sp³-hybridized carbons (Fsp3) is 0.448. The van der Waals surface area contributed by atoms with Crippen LogP contribution in [0.25, 0.3) is 0 Å². The molecule has 0 bridgehead atoms. The molecule has 0 amide bonds. The van der Waals surface area contributed by atoms with Crippen LogP contribution in [-0.4, -0.2) is 71.8 Å². The number of likely N-dealkylation sites (tertiary alicyclic amines) is 1. The highest BCUT2D eigenvalue weighted by Gasteiger charge is 2.33. The Morgan fingerprint density at radius 2 is 1.95 bits per heavy atom. The van der Waals surface area contributed by atoms with Gasteiger partial charge in [0, 0.05) is 12.6 Å². The topological polar surface area (TPSA) is 127 Å². The van der Waals surface area contributed by atoms with E-state index in [-0.39, 0.29) is 18.8 Å². The summed E-state index contributed by atoms with van der Waals surface area (Å²) in [6.07, 6.45) is 6.91. The zero-order chi connectivity index (χ0) is 28.3. The van der Waals surface area contributed by atoms with Gasteiger partial charge in [0.2, 0.25) is 0 Å². The van der Waals surface area contributed by atoms with Crippen molar-refractivity contribution < 1.29 is 24.3 Å². The molecule has 2 N–H and O–H groups in total. The normalized spacial score (nSPS) is 17.7. The SMILES string of the molecule is CSC1=NC(c2ccc(O)c([N+](=O)[O-])c2)C(C(=O)OCCCc2ccccc2)=C(COCCN2CCCCC2)N1. The summed E-state index contributed by atoms with van der Waals surface area (Å²) in [5.41, 5.74) is 1.87. The largest absolute Gasteiger partial charge is 0.502 e. The minimum Gasteiger partial charge on any atom is -0.502 e. The van der Waals surface area contributed by atoms with Crippen LogP contribution in [0.3, 0.4) is 0 Å². The van der Waals surface area contributed by atoms with Gasteiger partial charge in [0.05, 0.1) is 36.0 Å². The molecule has 2 aromatic rings. The Bertz CT molecular complexity index is 1230. The molecule has 0 aliphatic carbocycles. The molecule has 0 radical (unpaired) electrons. The van der Waals surface area contributed by atoms with Gasteiger partial charge in [0.1, 0.15) is 6.04 Å². The molecule has 0 spiro atoms. The summed E-state index contributed by atoms with van der Waals surface area (Å²) in [6, 6.07) is 13.1. The van der Waals surface area contributed by atoms with Gasteiger partial charge >= 0.3 is 11.7 Å². The number of benzene rings is 2. The Balaban J connectivity index is 1.54. The molecule has 40 heavy (non-hydrogen) atoms. The van der Waals surface area contributed by atoms with E-state index in [1.807, 2.05) is 36.6 Å². The maximum absolute atomic E-state index is 13.5. The number of nitrogens with zero attached hydrogens (tertiary/aromatic N) is 3. The first kappa shape index (κ1) is 29.6. The smallest absolute Gasteiger partial charge is 0.338 e. The van der Waals surface area contributed by atoms with E-state index in [0.717, 1.165) is 31.6 Å². The maximum atomic E-state index is 13.5. The van der Waals surface area contributed by atoms with Gasteiger partial charge in [-0.05, 0) is 62.2 Å². The minimum atomic E-state index is -0.856. The lowest BCUT2D eigenvalue weighted by Gasteiger charge is -2.28. The number of hydrogen-bond acceptors (Lipinski definition) is 10. The number of nitro benzene ring substituents is 1. The lowest BCUT2D eigenvalue weighted by molar-refractivity contribution is -0.385. The van der Waals surface area contributed by atoms with Crippen molar-refractivity contribution in [3.63, 3.8) is 0 Å². The van der Waals surface area contributed by atoms with E-state index in [4.69, 9.17) is 9.47 Å². The molecule has 214 valence electrons. The first-order chi connectivity index (χ1) is 19.5. The summed E-state index contributed by atoms with van der Waals surface area (Å²) >= 11 is 1.36. The van der Waals surface area contributed by atoms with E-state index in [2.05, 4.69) is 15.2 Å². The number of rotatable bonds is 12. The number of aromatic hydroxyl groups is 1. The Morgan fingerprint density at radius 1 is 1.18 bits per heavy atom. The molecule has 2 aliphatic heterocycles. The number of hydrogen-bond donors (Lipinski definition) is 2. The number of phenols is 1. The van der Waals surface area contributed by atoms with Crippen LogP contribution in [0.15, 0.2) is 64.8 Å². The second-order valence-corrected chi connectivity index (χ2v) is 10.5. The van der Waals surface area contributed by atoms with E-state index in [9.17, 15) is 20.0 Å². The van der Waals surface area contributed by atoms with E-state index in [1.165, 1.54) is 49.2 Å². The number of amidine groups is 1. The molecule has 0 aromatic heterocycles. The van der Waals surface area contributed by atoms with Gasteiger partial charge in [-0.1, -0.05) is 54.6 Å². The number of nitro groups is 1. The average molecular weight is 569 g/mol. The summed E-state index contributed by atoms with van der Waals surface area (Å²) in [7, 11) is 0. The first-order valence-corrected chi connectivity index (χ1v) is 14.8. The molecule has 0 saturated carbocycles. The zero-order valence-corrected chi connectivity index (χ0v) is 23.5. The molecule has 1 unspecified atom stereocenters. The highest BCUT2D eigenvalue weighted by atomic mass is 32.2. The van der Waals surface area contributed by atoms with Gasteiger partial charge in [-0.25, -0.2) is 9.79 Å². The highest BCUT2D eigenvalue weighted by molar-refractivity contribution is 8.13. The molecular formula is C29H36N4O6S. The van der Waals surface area contributed by atoms with E-state index in [0.29, 0.717) is 29.5 Å². The van der Waals surface area contributed by atoms with Crippen LogP contribution >= 0.6 is 11.8 Å². The standard InChI is InChI=1S/C29H36N4O6S/c1-40-29-30-23(20-38-18-16-32-14-6-3-7-15-32)26(28(35)39-17-8-11-21-9-4-2-5-10-21)27(31-29)22-12-13-25(34)24(19-22)33(36)37/h2,4-5,9-10,12-13,19,27,34H,3,6-8,11,14-18,20H2,1H3,(H,30,31). The van der Waals surface area contributed by atoms with Crippen molar-refractivity contribution >= 4 is 28.6 Å². The number of esters is 1. The molecule has 1 saturated heterocycles. The van der Waals surface area contributed by atoms with Crippen molar-refractivity contribution in [2.75, 3.05) is 45.7 Å². The van der Waals surface area contributed by atoms with Crippen molar-refractivity contribution in [2.24, 2.45) is 4.99 Å². The Kier molecular flexibility index (Phi) is 11.0. The van der Waals surface area contributed by atoms with Crippen molar-refractivity contribution in [1.82, 2.24) is 10.2 Å². The van der Waals surface area contributed by atoms with Crippen LogP contribution in [0, 0.1) is 10.1 Å². The van der Waals surface area contributed by atoms with Crippen LogP contribution in [-0.2, 0) is 20.7 Å². The quantitative estimate of drug-likeness (QED) is 0.164. The molecule has 2 heterocycles. The number of carbonyl (C=O) groups excluding carboxylic acids is 1. The number of phenolic OH excluding ortho intramolecular Hbond substituents is 1. The summed E-state index contributed by atoms with van der Waals surface area (Å²) < 4.78 is 11.7. The second kappa shape index (κ2) is 14.8. The van der Waals surface area contributed by atoms with E-state index in [1.54, 1.807) is 0 Å². The van der Waals surface area contributed by atoms with Gasteiger partial charge in [-0.3, -0.25) is 10.1 Å². The summed E-state index contributed by atoms with van der Waals surface area (Å²) in [6.45, 7) is 3.79. The summed E-state index contributed by atoms with van der Waals surface area (Å²) in [4.78, 5) is 31.4. The van der Waals surface area contributed by atoms with Crippen molar-refractivity contribution in [3.05, 3.63) is 81.0 Å². The zero-order valence-electron chi connectivity index (χ0n) is 22.7. The predicted molar refractivity (Wildman–Crippen MR) is 155 cm³/mol. The van der Waals surface area contributed by atoms with Gasteiger partial charge in [-0.2, -0.15) is 0 Å². The molecule has 4 rings (SSSR count). The van der Waals surface area contributed by atoms with Crippen LogP contribution in [0.5, 0.6) is 5.75 Å². The fourth-order valence-corrected chi connectivity index (χ4v) is 5.28. The Hall–Kier alpha value is -3.41. The molecule has 2 aromatic carbocycles. The lowest BCUT2D eigenvalue weighted by Crippen LogP contribution is -2.35. The molecule has 1 atom stereocenters. The number of aliphatic imine (C=N–C) groups is 1. The van der Waals surface area contributed by atoms with Gasteiger partial charge in [-0.15, -0.1) is 0 Å². The Morgan fingerprint density at radius 3 is 2.67 bits per heavy atom. The highest BCUT2D eigenvalue weighted by Crippen LogP contribution is 2.37. The third-order valence-corrected chi connectivity index (χ3v) is 7.55. The van der Waals surface area contributed by atoms with Crippen LogP contribution < -0.4 is 5.32 Å². The number of aryl methyl sites for hydroxylation is 1. The number of nitrogens with one attached hydrogen (secondary N) is 1. The average Bonchev–Trinajstić information content (AvgIpc) is 2.98. The number of thioether (sulfide) groups is 1. The van der Waals surface area contributed by atoms with Gasteiger partial charge in [0.15, 0.2) is 10.9 Å². The summed E-state index contributed by atoms with van der Waals surface area (Å²) in [5, 5.41) is 25.3. The van der Waals surface area contributed by atoms with Gasteiger partial charge in [0.25, 0.3) is 0 Å². The third kappa shape index (κ3) is 8.06. The van der Waals surface area contributed by atoms with Crippen LogP contribution in [0.1, 0.15) is 42.9 Å². The van der Waals surface area contributed by atoms with Gasteiger partial charge < -0.3 is 24.8 Å². The van der Waals surface area contributed by atoms with Crippen molar-refractivity contribution in [3.8, 4) is 5.75 Å². The number of ether oxygens (including phenoxy) is 2. The van der Waals surface area contributed by atoms with Crippen molar-refractivity contribution in [1.29, 1.82) is 0 Å². The van der Waals surface area contributed by atoms with Crippen LogP contribution in [0.2, 0.25) is 0 Å². The maximum Gasteiger partial charge on any atom is 0.338 e. The monoisotopic (exact) mass is 568 g/mol. The fourth-order valence-electron chi connectivity index (χ4n) is 4.84. The molecule has 10 nitrogen and oxygen atoms in total. The molecule has 1 fully saturated rings. The third-order valence-electron chi connectivity index (χ3n) is 6.96. The molecule has 2 aliphatic rings. The predicted octanol–water partition coefficient (Wildman–Crippen LogP) is 4.60. The molecular weight excluding hydrogens is 532 g/mol. The minimum absolute atomic E-state index is 0.137. The number of carbonyl (C=O) groups is 1. The van der Waals surface area contributed by atoms with Crippen LogP contribution in [0.4, 0.5) is 5.69 Å². The second-order valence-electron chi connectivity index (χ2n) is 9.74. The lowest BCUT2D eigenvalue weighted by atomic mass is 9.95.